The van der Waals surface area contributed by atoms with Gasteiger partial charge < -0.3 is 9.84 Å². The second-order valence-corrected chi connectivity index (χ2v) is 11.5. The van der Waals surface area contributed by atoms with Gasteiger partial charge in [0.2, 0.25) is 0 Å². The van der Waals surface area contributed by atoms with Crippen LogP contribution in [0.15, 0.2) is 59.5 Å². The molecule has 1 N–H and O–H groups in total. The Morgan fingerprint density at radius 2 is 1.88 bits per heavy atom. The molecule has 6 nitrogen and oxygen atoms in total. The molecule has 3 aromatic rings. The maximum absolute atomic E-state index is 14.1. The van der Waals surface area contributed by atoms with E-state index in [0.717, 1.165) is 28.6 Å². The standard InChI is InChI=1S/C27H23ClF5NO5S/c1-2-4-16(26(35)36)9-19-14-34(40(37,38)20-6-3-5-17(11-20)27(31,32)33)23-10-15(7-8-24(23)39-19)21-12-18(29)13-22(30)25(21)28/h3,5-8,10-13,16,19H,2,4,9,14H2,1H3,(H,35,36)/t16-,19+/m1/s1. The van der Waals surface area contributed by atoms with E-state index in [0.29, 0.717) is 25.0 Å². The van der Waals surface area contributed by atoms with Crippen molar-refractivity contribution in [2.75, 3.05) is 10.8 Å². The molecule has 214 valence electrons. The zero-order valence-electron chi connectivity index (χ0n) is 20.9. The molecule has 1 aliphatic rings. The number of carboxylic acid groups (broad SMARTS) is 1. The molecule has 1 aliphatic heterocycles. The Hall–Kier alpha value is -3.38. The molecule has 2 atom stereocenters. The Balaban J connectivity index is 1.85. The molecule has 0 aliphatic carbocycles. The van der Waals surface area contributed by atoms with Crippen LogP contribution in [0.2, 0.25) is 5.02 Å². The summed E-state index contributed by atoms with van der Waals surface area (Å²) in [4.78, 5) is 11.1. The van der Waals surface area contributed by atoms with Gasteiger partial charge in [0.15, 0.2) is 0 Å². The fraction of sp³-hybridized carbons (Fsp3) is 0.296. The average molecular weight is 604 g/mol. The van der Waals surface area contributed by atoms with Crippen LogP contribution in [0.4, 0.5) is 27.6 Å². The van der Waals surface area contributed by atoms with E-state index in [9.17, 15) is 40.3 Å². The van der Waals surface area contributed by atoms with Crippen LogP contribution in [0, 0.1) is 17.6 Å². The molecule has 0 saturated carbocycles. The van der Waals surface area contributed by atoms with Gasteiger partial charge in [0, 0.05) is 11.6 Å². The monoisotopic (exact) mass is 603 g/mol. The van der Waals surface area contributed by atoms with Crippen LogP contribution in [0.25, 0.3) is 11.1 Å². The van der Waals surface area contributed by atoms with Crippen molar-refractivity contribution in [2.24, 2.45) is 5.92 Å². The van der Waals surface area contributed by atoms with Crippen molar-refractivity contribution in [3.63, 3.8) is 0 Å². The number of nitrogens with zero attached hydrogens (tertiary/aromatic N) is 1. The first-order valence-electron chi connectivity index (χ1n) is 12.1. The summed E-state index contributed by atoms with van der Waals surface area (Å²) in [6, 6.07) is 8.70. The first-order valence-corrected chi connectivity index (χ1v) is 13.9. The first-order chi connectivity index (χ1) is 18.7. The van der Waals surface area contributed by atoms with E-state index in [4.69, 9.17) is 16.3 Å². The number of carbonyl (C=O) groups is 1. The Bertz CT molecular complexity index is 1550. The molecule has 4 rings (SSSR count). The van der Waals surface area contributed by atoms with E-state index in [1.165, 1.54) is 18.2 Å². The number of aliphatic carboxylic acids is 1. The number of halogens is 6. The molecule has 0 saturated heterocycles. The van der Waals surface area contributed by atoms with Gasteiger partial charge in [-0.3, -0.25) is 9.10 Å². The van der Waals surface area contributed by atoms with Crippen molar-refractivity contribution in [3.05, 3.63) is 76.8 Å². The predicted molar refractivity (Wildman–Crippen MR) is 138 cm³/mol. The van der Waals surface area contributed by atoms with Gasteiger partial charge >= 0.3 is 12.1 Å². The summed E-state index contributed by atoms with van der Waals surface area (Å²) in [7, 11) is -4.66. The number of anilines is 1. The third-order valence-corrected chi connectivity index (χ3v) is 8.64. The molecule has 1 heterocycles. The zero-order chi connectivity index (χ0) is 29.4. The van der Waals surface area contributed by atoms with Crippen molar-refractivity contribution < 1.29 is 45.0 Å². The third kappa shape index (κ3) is 6.02. The maximum atomic E-state index is 14.1. The van der Waals surface area contributed by atoms with Gasteiger partial charge in [-0.1, -0.05) is 37.1 Å². The fourth-order valence-corrected chi connectivity index (χ4v) is 6.33. The summed E-state index contributed by atoms with van der Waals surface area (Å²) in [6.07, 6.45) is -5.00. The van der Waals surface area contributed by atoms with Crippen molar-refractivity contribution >= 4 is 33.3 Å². The normalized spacial score (nSPS) is 16.3. The Kier molecular flexibility index (Phi) is 8.32. The van der Waals surface area contributed by atoms with E-state index in [1.807, 2.05) is 0 Å². The minimum atomic E-state index is -4.81. The van der Waals surface area contributed by atoms with Crippen molar-refractivity contribution in [1.29, 1.82) is 0 Å². The molecule has 0 radical (unpaired) electrons. The summed E-state index contributed by atoms with van der Waals surface area (Å²) < 4.78 is 103. The number of fused-ring (bicyclic) bond motifs is 1. The number of ether oxygens (including phenoxy) is 1. The molecule has 0 amide bonds. The predicted octanol–water partition coefficient (Wildman–Crippen LogP) is 7.15. The first kappa shape index (κ1) is 29.6. The van der Waals surface area contributed by atoms with Crippen molar-refractivity contribution in [3.8, 4) is 16.9 Å². The minimum Gasteiger partial charge on any atom is -0.486 e. The molecule has 0 aromatic heterocycles. The highest BCUT2D eigenvalue weighted by atomic mass is 35.5. The molecule has 0 fully saturated rings. The highest BCUT2D eigenvalue weighted by Crippen LogP contribution is 2.43. The smallest absolute Gasteiger partial charge is 0.416 e. The molecule has 3 aromatic carbocycles. The molecule has 0 spiro atoms. The molecule has 13 heteroatoms. The van der Waals surface area contributed by atoms with Gasteiger partial charge in [-0.25, -0.2) is 17.2 Å². The molecular formula is C27H23ClF5NO5S. The quantitative estimate of drug-likeness (QED) is 0.218. The van der Waals surface area contributed by atoms with Crippen molar-refractivity contribution in [2.45, 2.75) is 43.4 Å². The lowest BCUT2D eigenvalue weighted by Crippen LogP contribution is -2.44. The van der Waals surface area contributed by atoms with Gasteiger partial charge in [-0.15, -0.1) is 0 Å². The van der Waals surface area contributed by atoms with Gasteiger partial charge in [0.25, 0.3) is 10.0 Å². The highest BCUT2D eigenvalue weighted by Gasteiger charge is 2.38. The Labute approximate surface area is 232 Å². The SMILES string of the molecule is CCC[C@H](C[C@H]1CN(S(=O)(=O)c2cccc(C(F)(F)F)c2)c2cc(-c3cc(F)cc(F)c3Cl)ccc2O1)C(=O)O. The van der Waals surface area contributed by atoms with Crippen LogP contribution in [-0.2, 0) is 21.0 Å². The van der Waals surface area contributed by atoms with Gasteiger partial charge in [0.05, 0.1) is 33.6 Å². The molecule has 0 bridgehead atoms. The van der Waals surface area contributed by atoms with E-state index >= 15 is 0 Å². The van der Waals surface area contributed by atoms with Gasteiger partial charge in [-0.2, -0.15) is 13.2 Å². The summed E-state index contributed by atoms with van der Waals surface area (Å²) >= 11 is 6.04. The maximum Gasteiger partial charge on any atom is 0.416 e. The third-order valence-electron chi connectivity index (χ3n) is 6.48. The number of sulfonamides is 1. The van der Waals surface area contributed by atoms with Crippen LogP contribution in [0.3, 0.4) is 0 Å². The van der Waals surface area contributed by atoms with Crippen LogP contribution < -0.4 is 9.04 Å². The number of alkyl halides is 3. The summed E-state index contributed by atoms with van der Waals surface area (Å²) in [5.74, 6) is -3.95. The minimum absolute atomic E-state index is 0.0100. The van der Waals surface area contributed by atoms with Gasteiger partial charge in [0.1, 0.15) is 23.5 Å². The topological polar surface area (TPSA) is 83.9 Å². The van der Waals surface area contributed by atoms with Gasteiger partial charge in [-0.05, 0) is 54.8 Å². The largest absolute Gasteiger partial charge is 0.486 e. The van der Waals surface area contributed by atoms with E-state index < -0.39 is 67.9 Å². The number of benzene rings is 3. The van der Waals surface area contributed by atoms with Crippen LogP contribution in [0.1, 0.15) is 31.7 Å². The molecule has 40 heavy (non-hydrogen) atoms. The van der Waals surface area contributed by atoms with E-state index in [1.54, 1.807) is 6.92 Å². The number of hydrogen-bond acceptors (Lipinski definition) is 4. The van der Waals surface area contributed by atoms with Crippen LogP contribution in [0.5, 0.6) is 5.75 Å². The van der Waals surface area contributed by atoms with Crippen molar-refractivity contribution in [1.82, 2.24) is 0 Å². The Morgan fingerprint density at radius 3 is 2.52 bits per heavy atom. The second-order valence-electron chi connectivity index (χ2n) is 9.29. The summed E-state index contributed by atoms with van der Waals surface area (Å²) in [6.45, 7) is 1.37. The van der Waals surface area contributed by atoms with E-state index in [-0.39, 0.29) is 29.0 Å². The molecule has 0 unspecified atom stereocenters. The van der Waals surface area contributed by atoms with Crippen LogP contribution in [-0.4, -0.2) is 32.1 Å². The molecular weight excluding hydrogens is 581 g/mol. The second kappa shape index (κ2) is 11.2. The number of hydrogen-bond donors (Lipinski definition) is 1. The summed E-state index contributed by atoms with van der Waals surface area (Å²) in [5, 5.41) is 9.18. The highest BCUT2D eigenvalue weighted by molar-refractivity contribution is 7.92. The zero-order valence-corrected chi connectivity index (χ0v) is 22.5. The van der Waals surface area contributed by atoms with E-state index in [2.05, 4.69) is 0 Å². The number of carboxylic acids is 1. The fourth-order valence-electron chi connectivity index (χ4n) is 4.56. The number of rotatable bonds is 8. The average Bonchev–Trinajstić information content (AvgIpc) is 2.89. The summed E-state index contributed by atoms with van der Waals surface area (Å²) in [5.41, 5.74) is -1.27. The lowest BCUT2D eigenvalue weighted by Gasteiger charge is -2.36. The van der Waals surface area contributed by atoms with Crippen LogP contribution >= 0.6 is 11.6 Å². The lowest BCUT2D eigenvalue weighted by molar-refractivity contribution is -0.143. The Morgan fingerprint density at radius 1 is 1.15 bits per heavy atom. The lowest BCUT2D eigenvalue weighted by atomic mass is 9.95.